The molecule has 0 aliphatic heterocycles. The van der Waals surface area contributed by atoms with Crippen LogP contribution in [0.4, 0.5) is 0 Å². The standard InChI is InChI=1S/C16H20Cl2/c1-10-6-8-15(17,12(10)3)14(5)16(18)9-7-11(2)13(16)4/h6-9,14H,1-5H3. The highest BCUT2D eigenvalue weighted by Crippen LogP contribution is 2.52. The van der Waals surface area contributed by atoms with Gasteiger partial charge in [0.2, 0.25) is 0 Å². The van der Waals surface area contributed by atoms with Crippen LogP contribution in [-0.2, 0) is 0 Å². The molecule has 2 heteroatoms. The van der Waals surface area contributed by atoms with Crippen LogP contribution in [0.15, 0.2) is 46.6 Å². The fourth-order valence-corrected chi connectivity index (χ4v) is 3.66. The molecule has 0 spiro atoms. The van der Waals surface area contributed by atoms with Crippen LogP contribution in [-0.4, -0.2) is 9.75 Å². The summed E-state index contributed by atoms with van der Waals surface area (Å²) in [5.74, 6) is 0.107. The van der Waals surface area contributed by atoms with Crippen molar-refractivity contribution in [2.75, 3.05) is 0 Å². The van der Waals surface area contributed by atoms with Crippen LogP contribution in [0.1, 0.15) is 34.6 Å². The summed E-state index contributed by atoms with van der Waals surface area (Å²) in [6.07, 6.45) is 8.37. The van der Waals surface area contributed by atoms with E-state index in [0.717, 1.165) is 0 Å². The monoisotopic (exact) mass is 282 g/mol. The van der Waals surface area contributed by atoms with Gasteiger partial charge in [0.1, 0.15) is 0 Å². The zero-order chi connectivity index (χ0) is 13.7. The van der Waals surface area contributed by atoms with Crippen molar-refractivity contribution in [2.24, 2.45) is 5.92 Å². The van der Waals surface area contributed by atoms with E-state index in [0.29, 0.717) is 0 Å². The highest BCUT2D eigenvalue weighted by molar-refractivity contribution is 6.32. The number of alkyl halides is 2. The molecule has 0 heterocycles. The van der Waals surface area contributed by atoms with Crippen molar-refractivity contribution in [3.63, 3.8) is 0 Å². The van der Waals surface area contributed by atoms with E-state index in [9.17, 15) is 0 Å². The van der Waals surface area contributed by atoms with Gasteiger partial charge < -0.3 is 0 Å². The molecule has 0 saturated carbocycles. The number of hydrogen-bond acceptors (Lipinski definition) is 0. The highest BCUT2D eigenvalue weighted by atomic mass is 35.5. The zero-order valence-corrected chi connectivity index (χ0v) is 13.2. The molecule has 0 aromatic carbocycles. The van der Waals surface area contributed by atoms with Gasteiger partial charge in [-0.15, -0.1) is 23.2 Å². The maximum atomic E-state index is 6.86. The van der Waals surface area contributed by atoms with Crippen LogP contribution in [0, 0.1) is 5.92 Å². The Bertz CT molecular complexity index is 461. The molecule has 0 radical (unpaired) electrons. The van der Waals surface area contributed by atoms with E-state index < -0.39 is 9.75 Å². The van der Waals surface area contributed by atoms with Gasteiger partial charge in [0, 0.05) is 5.92 Å². The Hall–Kier alpha value is -0.460. The summed E-state index contributed by atoms with van der Waals surface area (Å²) in [6, 6.07) is 0. The van der Waals surface area contributed by atoms with Crippen molar-refractivity contribution < 1.29 is 0 Å². The molecule has 0 amide bonds. The second kappa shape index (κ2) is 4.28. The van der Waals surface area contributed by atoms with Gasteiger partial charge in [0.15, 0.2) is 0 Å². The first-order valence-electron chi connectivity index (χ1n) is 6.35. The molecule has 2 atom stereocenters. The number of halogens is 2. The lowest BCUT2D eigenvalue weighted by Crippen LogP contribution is -2.42. The molecule has 0 aromatic rings. The summed E-state index contributed by atoms with van der Waals surface area (Å²) >= 11 is 13.7. The van der Waals surface area contributed by atoms with E-state index in [-0.39, 0.29) is 5.92 Å². The Balaban J connectivity index is 2.44. The third-order valence-corrected chi connectivity index (χ3v) is 6.22. The van der Waals surface area contributed by atoms with Gasteiger partial charge in [-0.25, -0.2) is 0 Å². The van der Waals surface area contributed by atoms with E-state index in [1.165, 1.54) is 22.3 Å². The summed E-state index contributed by atoms with van der Waals surface area (Å²) in [5, 5.41) is 0. The van der Waals surface area contributed by atoms with E-state index in [1.807, 2.05) is 0 Å². The molecule has 0 bridgehead atoms. The lowest BCUT2D eigenvalue weighted by molar-refractivity contribution is 0.454. The molecular weight excluding hydrogens is 263 g/mol. The lowest BCUT2D eigenvalue weighted by Gasteiger charge is -2.39. The molecule has 0 saturated heterocycles. The molecule has 0 aromatic heterocycles. The predicted molar refractivity (Wildman–Crippen MR) is 81.4 cm³/mol. The molecule has 98 valence electrons. The minimum atomic E-state index is -0.470. The Morgan fingerprint density at radius 1 is 0.833 bits per heavy atom. The van der Waals surface area contributed by atoms with Crippen LogP contribution < -0.4 is 0 Å². The quantitative estimate of drug-likeness (QED) is 0.596. The maximum Gasteiger partial charge on any atom is 0.0889 e. The average molecular weight is 283 g/mol. The average Bonchev–Trinajstić information content (AvgIpc) is 2.76. The van der Waals surface area contributed by atoms with E-state index in [4.69, 9.17) is 23.2 Å². The SMILES string of the molecule is CC1=C(C)C(Cl)(C(C)C2(Cl)C=CC(C)=C2C)C=C1. The van der Waals surface area contributed by atoms with Crippen LogP contribution >= 0.6 is 23.2 Å². The summed E-state index contributed by atoms with van der Waals surface area (Å²) in [7, 11) is 0. The van der Waals surface area contributed by atoms with E-state index >= 15 is 0 Å². The van der Waals surface area contributed by atoms with Gasteiger partial charge in [0.25, 0.3) is 0 Å². The smallest absolute Gasteiger partial charge is 0.0889 e. The normalized spacial score (nSPS) is 37.1. The van der Waals surface area contributed by atoms with E-state index in [1.54, 1.807) is 0 Å². The Morgan fingerprint density at radius 3 is 1.39 bits per heavy atom. The molecular formula is C16H20Cl2. The van der Waals surface area contributed by atoms with Crippen LogP contribution in [0.3, 0.4) is 0 Å². The molecule has 2 aliphatic carbocycles. The van der Waals surface area contributed by atoms with Crippen molar-refractivity contribution in [3.05, 3.63) is 46.6 Å². The molecule has 2 unspecified atom stereocenters. The minimum Gasteiger partial charge on any atom is -0.109 e. The molecule has 2 aliphatic rings. The van der Waals surface area contributed by atoms with E-state index in [2.05, 4.69) is 58.9 Å². The second-order valence-electron chi connectivity index (χ2n) is 5.54. The van der Waals surface area contributed by atoms with Gasteiger partial charge in [-0.1, -0.05) is 42.4 Å². The van der Waals surface area contributed by atoms with Gasteiger partial charge in [-0.2, -0.15) is 0 Å². The van der Waals surface area contributed by atoms with Crippen LogP contribution in [0.25, 0.3) is 0 Å². The Labute approximate surface area is 120 Å². The number of allylic oxidation sites excluding steroid dienone is 8. The van der Waals surface area contributed by atoms with Crippen molar-refractivity contribution in [1.82, 2.24) is 0 Å². The Morgan fingerprint density at radius 2 is 1.17 bits per heavy atom. The first-order valence-corrected chi connectivity index (χ1v) is 7.11. The fourth-order valence-electron chi connectivity index (χ4n) is 2.84. The van der Waals surface area contributed by atoms with Gasteiger partial charge in [-0.05, 0) is 38.8 Å². The number of hydrogen-bond donors (Lipinski definition) is 0. The number of rotatable bonds is 2. The zero-order valence-electron chi connectivity index (χ0n) is 11.6. The maximum absolute atomic E-state index is 6.86. The van der Waals surface area contributed by atoms with Gasteiger partial charge in [0.05, 0.1) is 9.75 Å². The predicted octanol–water partition coefficient (Wildman–Crippen LogP) is 5.39. The minimum absolute atomic E-state index is 0.107. The van der Waals surface area contributed by atoms with Gasteiger partial charge in [-0.3, -0.25) is 0 Å². The molecule has 18 heavy (non-hydrogen) atoms. The topological polar surface area (TPSA) is 0 Å². The summed E-state index contributed by atoms with van der Waals surface area (Å²) in [4.78, 5) is -0.940. The molecule has 0 nitrogen and oxygen atoms in total. The largest absolute Gasteiger partial charge is 0.109 e. The van der Waals surface area contributed by atoms with Crippen molar-refractivity contribution in [3.8, 4) is 0 Å². The van der Waals surface area contributed by atoms with Crippen LogP contribution in [0.5, 0.6) is 0 Å². The van der Waals surface area contributed by atoms with Crippen molar-refractivity contribution in [2.45, 2.75) is 44.4 Å². The summed E-state index contributed by atoms with van der Waals surface area (Å²) in [5.41, 5.74) is 4.92. The third kappa shape index (κ3) is 1.73. The van der Waals surface area contributed by atoms with Crippen molar-refractivity contribution >= 4 is 23.2 Å². The third-order valence-electron chi connectivity index (χ3n) is 4.74. The van der Waals surface area contributed by atoms with Crippen LogP contribution in [0.2, 0.25) is 0 Å². The van der Waals surface area contributed by atoms with Gasteiger partial charge >= 0.3 is 0 Å². The lowest BCUT2D eigenvalue weighted by atomic mass is 9.76. The summed E-state index contributed by atoms with van der Waals surface area (Å²) in [6.45, 7) is 10.5. The molecule has 2 rings (SSSR count). The first kappa shape index (κ1) is 14.0. The second-order valence-corrected chi connectivity index (χ2v) is 6.79. The first-order chi connectivity index (χ1) is 8.23. The molecule has 0 N–H and O–H groups in total. The highest BCUT2D eigenvalue weighted by Gasteiger charge is 2.49. The van der Waals surface area contributed by atoms with Crippen molar-refractivity contribution in [1.29, 1.82) is 0 Å². The Kier molecular flexibility index (Phi) is 3.32. The summed E-state index contributed by atoms with van der Waals surface area (Å²) < 4.78 is 0. The fraction of sp³-hybridized carbons (Fsp3) is 0.500. The molecule has 0 fully saturated rings.